The number of carbonyl (C=O) groups excluding carboxylic acids is 2. The highest BCUT2D eigenvalue weighted by atomic mass is 32.2. The van der Waals surface area contributed by atoms with E-state index >= 15 is 0 Å². The molecule has 190 valence electrons. The molecular weight excluding hydrogens is 466 g/mol. The number of nitrogens with one attached hydrogen (secondary N) is 1. The van der Waals surface area contributed by atoms with Crippen molar-refractivity contribution in [2.24, 2.45) is 0 Å². The van der Waals surface area contributed by atoms with E-state index in [4.69, 9.17) is 4.74 Å². The highest BCUT2D eigenvalue weighted by Gasteiger charge is 2.32. The summed E-state index contributed by atoms with van der Waals surface area (Å²) in [5.74, 6) is -0.371. The minimum absolute atomic E-state index is 0.105. The third-order valence-electron chi connectivity index (χ3n) is 6.35. The maximum atomic E-state index is 13.6. The molecule has 2 aromatic rings. The van der Waals surface area contributed by atoms with Crippen molar-refractivity contribution in [2.75, 3.05) is 24.2 Å². The van der Waals surface area contributed by atoms with E-state index in [0.29, 0.717) is 5.75 Å². The number of methoxy groups -OCH3 is 1. The third-order valence-corrected chi connectivity index (χ3v) is 7.47. The lowest BCUT2D eigenvalue weighted by Gasteiger charge is -2.33. The van der Waals surface area contributed by atoms with E-state index in [1.54, 1.807) is 31.2 Å². The number of amides is 2. The lowest BCUT2D eigenvalue weighted by atomic mass is 9.95. The Morgan fingerprint density at radius 2 is 1.66 bits per heavy atom. The first-order chi connectivity index (χ1) is 16.7. The Balaban J connectivity index is 1.87. The van der Waals surface area contributed by atoms with E-state index in [2.05, 4.69) is 5.32 Å². The summed E-state index contributed by atoms with van der Waals surface area (Å²) < 4.78 is 31.8. The second kappa shape index (κ2) is 12.1. The smallest absolute Gasteiger partial charge is 0.244 e. The molecule has 1 N–H and O–H groups in total. The summed E-state index contributed by atoms with van der Waals surface area (Å²) in [5.41, 5.74) is 1.12. The Bertz CT molecular complexity index is 1100. The molecule has 2 amide bonds. The summed E-state index contributed by atoms with van der Waals surface area (Å²) in [6.45, 7) is 1.42. The zero-order valence-corrected chi connectivity index (χ0v) is 21.5. The van der Waals surface area contributed by atoms with Crippen LogP contribution in [0.3, 0.4) is 0 Å². The van der Waals surface area contributed by atoms with Gasteiger partial charge in [0, 0.05) is 12.6 Å². The fraction of sp³-hybridized carbons (Fsp3) is 0.462. The maximum absolute atomic E-state index is 13.6. The third kappa shape index (κ3) is 7.21. The van der Waals surface area contributed by atoms with Gasteiger partial charge in [0.2, 0.25) is 21.8 Å². The van der Waals surface area contributed by atoms with E-state index < -0.39 is 28.5 Å². The second-order valence-corrected chi connectivity index (χ2v) is 10.9. The Morgan fingerprint density at radius 1 is 1.03 bits per heavy atom. The molecule has 9 heteroatoms. The molecule has 0 heterocycles. The van der Waals surface area contributed by atoms with Crippen LogP contribution in [0.25, 0.3) is 0 Å². The number of nitrogens with zero attached hydrogens (tertiary/aromatic N) is 2. The molecule has 1 atom stereocenters. The predicted octanol–water partition coefficient (Wildman–Crippen LogP) is 3.33. The molecule has 1 aliphatic rings. The summed E-state index contributed by atoms with van der Waals surface area (Å²) >= 11 is 0. The van der Waals surface area contributed by atoms with E-state index in [-0.39, 0.29) is 24.2 Å². The van der Waals surface area contributed by atoms with E-state index in [1.807, 2.05) is 30.3 Å². The van der Waals surface area contributed by atoms with Gasteiger partial charge in [-0.3, -0.25) is 13.9 Å². The molecule has 0 aromatic heterocycles. The molecule has 0 unspecified atom stereocenters. The van der Waals surface area contributed by atoms with Crippen molar-refractivity contribution in [1.29, 1.82) is 0 Å². The van der Waals surface area contributed by atoms with Gasteiger partial charge in [-0.15, -0.1) is 0 Å². The van der Waals surface area contributed by atoms with Crippen LogP contribution in [-0.2, 0) is 26.2 Å². The van der Waals surface area contributed by atoms with Crippen molar-refractivity contribution in [3.8, 4) is 5.75 Å². The zero-order chi connectivity index (χ0) is 25.4. The SMILES string of the molecule is COc1ccccc1N(CC(=O)N(Cc1ccccc1)[C@@H](C)C(=O)NC1CCCCC1)S(C)(=O)=O. The van der Waals surface area contributed by atoms with Crippen LogP contribution < -0.4 is 14.4 Å². The van der Waals surface area contributed by atoms with Crippen LogP contribution in [0.15, 0.2) is 54.6 Å². The average Bonchev–Trinajstić information content (AvgIpc) is 2.85. The number of ether oxygens (including phenoxy) is 1. The first-order valence-electron chi connectivity index (χ1n) is 11.9. The summed E-state index contributed by atoms with van der Waals surface area (Å²) in [6.07, 6.45) is 6.24. The van der Waals surface area contributed by atoms with Gasteiger partial charge in [0.25, 0.3) is 0 Å². The quantitative estimate of drug-likeness (QED) is 0.539. The largest absolute Gasteiger partial charge is 0.495 e. The minimum Gasteiger partial charge on any atom is -0.495 e. The summed E-state index contributed by atoms with van der Waals surface area (Å²) in [5, 5.41) is 3.09. The zero-order valence-electron chi connectivity index (χ0n) is 20.6. The van der Waals surface area contributed by atoms with Crippen molar-refractivity contribution in [3.63, 3.8) is 0 Å². The van der Waals surface area contributed by atoms with Crippen molar-refractivity contribution in [2.45, 2.75) is 57.7 Å². The van der Waals surface area contributed by atoms with Gasteiger partial charge in [0.1, 0.15) is 18.3 Å². The highest BCUT2D eigenvalue weighted by Crippen LogP contribution is 2.29. The number of anilines is 1. The van der Waals surface area contributed by atoms with Gasteiger partial charge in [0.15, 0.2) is 0 Å². The van der Waals surface area contributed by atoms with Crippen LogP contribution in [0.1, 0.15) is 44.6 Å². The molecule has 1 fully saturated rings. The fourth-order valence-corrected chi connectivity index (χ4v) is 5.22. The number of carbonyl (C=O) groups is 2. The first-order valence-corrected chi connectivity index (χ1v) is 13.8. The van der Waals surface area contributed by atoms with E-state index in [0.717, 1.165) is 41.8 Å². The van der Waals surface area contributed by atoms with Gasteiger partial charge in [-0.1, -0.05) is 61.7 Å². The van der Waals surface area contributed by atoms with E-state index in [1.165, 1.54) is 18.4 Å². The molecule has 8 nitrogen and oxygen atoms in total. The molecule has 2 aromatic carbocycles. The number of para-hydroxylation sites is 2. The molecular formula is C26H35N3O5S. The summed E-state index contributed by atoms with van der Waals surface area (Å²) in [4.78, 5) is 28.2. The van der Waals surface area contributed by atoms with Crippen LogP contribution in [0.5, 0.6) is 5.75 Å². The van der Waals surface area contributed by atoms with Crippen molar-refractivity contribution in [3.05, 3.63) is 60.2 Å². The minimum atomic E-state index is -3.82. The van der Waals surface area contributed by atoms with Crippen molar-refractivity contribution >= 4 is 27.5 Å². The lowest BCUT2D eigenvalue weighted by Crippen LogP contribution is -2.53. The van der Waals surface area contributed by atoms with Gasteiger partial charge in [-0.05, 0) is 37.5 Å². The monoisotopic (exact) mass is 501 g/mol. The summed E-state index contributed by atoms with van der Waals surface area (Å²) in [6, 6.07) is 15.3. The Labute approximate surface area is 208 Å². The Hall–Kier alpha value is -3.07. The van der Waals surface area contributed by atoms with Crippen LogP contribution in [0.2, 0.25) is 0 Å². The van der Waals surface area contributed by atoms with Gasteiger partial charge < -0.3 is 15.0 Å². The molecule has 1 aliphatic carbocycles. The second-order valence-electron chi connectivity index (χ2n) is 8.97. The molecule has 0 radical (unpaired) electrons. The van der Waals surface area contributed by atoms with Crippen molar-refractivity contribution in [1.82, 2.24) is 10.2 Å². The van der Waals surface area contributed by atoms with Gasteiger partial charge in [-0.2, -0.15) is 0 Å². The first kappa shape index (κ1) is 26.5. The Morgan fingerprint density at radius 3 is 2.29 bits per heavy atom. The van der Waals surface area contributed by atoms with Gasteiger partial charge >= 0.3 is 0 Å². The van der Waals surface area contributed by atoms with Gasteiger partial charge in [0.05, 0.1) is 19.1 Å². The maximum Gasteiger partial charge on any atom is 0.244 e. The number of benzene rings is 2. The number of sulfonamides is 1. The molecule has 1 saturated carbocycles. The Kier molecular flexibility index (Phi) is 9.14. The number of hydrogen-bond donors (Lipinski definition) is 1. The highest BCUT2D eigenvalue weighted by molar-refractivity contribution is 7.92. The van der Waals surface area contributed by atoms with Gasteiger partial charge in [-0.25, -0.2) is 8.42 Å². The lowest BCUT2D eigenvalue weighted by molar-refractivity contribution is -0.139. The molecule has 0 saturated heterocycles. The molecule has 35 heavy (non-hydrogen) atoms. The average molecular weight is 502 g/mol. The van der Waals surface area contributed by atoms with Crippen molar-refractivity contribution < 1.29 is 22.7 Å². The summed E-state index contributed by atoms with van der Waals surface area (Å²) in [7, 11) is -2.37. The topological polar surface area (TPSA) is 96.0 Å². The van der Waals surface area contributed by atoms with Crippen LogP contribution in [0, 0.1) is 0 Å². The number of hydrogen-bond acceptors (Lipinski definition) is 5. The molecule has 3 rings (SSSR count). The number of rotatable bonds is 10. The fourth-order valence-electron chi connectivity index (χ4n) is 4.36. The molecule has 0 spiro atoms. The van der Waals surface area contributed by atoms with Crippen LogP contribution in [0.4, 0.5) is 5.69 Å². The molecule has 0 aliphatic heterocycles. The standard InChI is InChI=1S/C26H35N3O5S/c1-20(26(31)27-22-14-8-5-9-15-22)28(18-21-12-6-4-7-13-21)25(30)19-29(35(3,32)33)23-16-10-11-17-24(23)34-2/h4,6-7,10-13,16-17,20,22H,5,8-9,14-15,18-19H2,1-3H3,(H,27,31)/t20-/m0/s1. The van der Waals surface area contributed by atoms with E-state index in [9.17, 15) is 18.0 Å². The predicted molar refractivity (Wildman–Crippen MR) is 137 cm³/mol. The van der Waals surface area contributed by atoms with Crippen LogP contribution >= 0.6 is 0 Å². The molecule has 0 bridgehead atoms. The normalized spacial score (nSPS) is 15.2. The van der Waals surface area contributed by atoms with Crippen LogP contribution in [-0.4, -0.2) is 57.1 Å².